The van der Waals surface area contributed by atoms with Crippen molar-refractivity contribution in [3.8, 4) is 0 Å². The molecule has 3 aliphatic rings. The van der Waals surface area contributed by atoms with Crippen molar-refractivity contribution in [2.24, 2.45) is 17.6 Å². The molecule has 2 bridgehead atoms. The van der Waals surface area contributed by atoms with E-state index >= 15 is 0 Å². The minimum Gasteiger partial charge on any atom is -0.390 e. The maximum Gasteiger partial charge on any atom is 0.253 e. The van der Waals surface area contributed by atoms with E-state index in [-0.39, 0.29) is 28.0 Å². The van der Waals surface area contributed by atoms with Gasteiger partial charge in [-0.15, -0.1) is 0 Å². The van der Waals surface area contributed by atoms with Gasteiger partial charge >= 0.3 is 0 Å². The van der Waals surface area contributed by atoms with E-state index in [0.29, 0.717) is 12.8 Å². The summed E-state index contributed by atoms with van der Waals surface area (Å²) in [4.78, 5) is 12.5. The van der Waals surface area contributed by atoms with Crippen molar-refractivity contribution in [3.63, 3.8) is 0 Å². The molecule has 0 heterocycles. The smallest absolute Gasteiger partial charge is 0.253 e. The highest BCUT2D eigenvalue weighted by molar-refractivity contribution is 7.96. The van der Waals surface area contributed by atoms with Crippen LogP contribution in [0, 0.1) is 23.5 Å². The van der Waals surface area contributed by atoms with Crippen molar-refractivity contribution < 1.29 is 27.1 Å². The summed E-state index contributed by atoms with van der Waals surface area (Å²) < 4.78 is 52.8. The van der Waals surface area contributed by atoms with Crippen LogP contribution in [-0.2, 0) is 14.6 Å². The molecule has 1 aromatic rings. The largest absolute Gasteiger partial charge is 0.390 e. The Hall–Kier alpha value is -2.10. The average molecular weight is 438 g/mol. The van der Waals surface area contributed by atoms with Gasteiger partial charge in [0, 0.05) is 17.3 Å². The number of aliphatic hydroxyl groups is 1. The molecule has 2 fully saturated rings. The molecule has 0 aromatic heterocycles. The van der Waals surface area contributed by atoms with Crippen LogP contribution in [-0.4, -0.2) is 36.3 Å². The van der Waals surface area contributed by atoms with Gasteiger partial charge < -0.3 is 16.2 Å². The summed E-state index contributed by atoms with van der Waals surface area (Å²) in [5, 5.41) is 12.4. The molecule has 1 amide bonds. The second-order valence-corrected chi connectivity index (χ2v) is 10.8. The number of carbonyl (C=O) groups excluding carboxylic acids is 1. The summed E-state index contributed by atoms with van der Waals surface area (Å²) >= 11 is 0. The Balaban J connectivity index is 1.52. The molecule has 0 aliphatic heterocycles. The Bertz CT molecular complexity index is 1050. The van der Waals surface area contributed by atoms with Gasteiger partial charge in [0.1, 0.15) is 0 Å². The number of nitrogens with two attached hydrogens (primary N) is 1. The molecule has 4 unspecified atom stereocenters. The van der Waals surface area contributed by atoms with Crippen LogP contribution in [0.2, 0.25) is 0 Å². The predicted molar refractivity (Wildman–Crippen MR) is 108 cm³/mol. The molecule has 0 radical (unpaired) electrons. The summed E-state index contributed by atoms with van der Waals surface area (Å²) in [5.74, 6) is -2.96. The van der Waals surface area contributed by atoms with Gasteiger partial charge in [-0.2, -0.15) is 0 Å². The van der Waals surface area contributed by atoms with Gasteiger partial charge in [0.25, 0.3) is 5.91 Å². The van der Waals surface area contributed by atoms with Gasteiger partial charge in [0.2, 0.25) is 0 Å². The van der Waals surface area contributed by atoms with Crippen LogP contribution in [0.15, 0.2) is 40.8 Å². The summed E-state index contributed by atoms with van der Waals surface area (Å²) in [6.07, 6.45) is 4.96. The van der Waals surface area contributed by atoms with Gasteiger partial charge in [-0.1, -0.05) is 0 Å². The first-order valence-electron chi connectivity index (χ1n) is 9.92. The second kappa shape index (κ2) is 7.25. The van der Waals surface area contributed by atoms with Crippen molar-refractivity contribution in [1.82, 2.24) is 0 Å². The molecule has 0 saturated heterocycles. The number of fused-ring (bicyclic) bond motifs is 2. The van der Waals surface area contributed by atoms with Crippen LogP contribution in [0.3, 0.4) is 0 Å². The Morgan fingerprint density at radius 1 is 1.20 bits per heavy atom. The molecule has 9 heteroatoms. The fourth-order valence-electron chi connectivity index (χ4n) is 4.95. The maximum absolute atomic E-state index is 13.4. The van der Waals surface area contributed by atoms with E-state index in [1.807, 2.05) is 0 Å². The first kappa shape index (κ1) is 21.1. The normalized spacial score (nSPS) is 33.2. The van der Waals surface area contributed by atoms with Crippen molar-refractivity contribution in [1.29, 1.82) is 0 Å². The number of hydrogen-bond donors (Lipinski definition) is 3. The van der Waals surface area contributed by atoms with Crippen molar-refractivity contribution in [2.45, 2.75) is 49.5 Å². The fourth-order valence-corrected chi connectivity index (χ4v) is 6.93. The Morgan fingerprint density at radius 2 is 1.83 bits per heavy atom. The quantitative estimate of drug-likeness (QED) is 0.669. The highest BCUT2D eigenvalue weighted by atomic mass is 32.2. The maximum atomic E-state index is 13.4. The summed E-state index contributed by atoms with van der Waals surface area (Å²) in [5.41, 5.74) is 5.20. The van der Waals surface area contributed by atoms with Gasteiger partial charge in [-0.3, -0.25) is 4.79 Å². The average Bonchev–Trinajstić information content (AvgIpc) is 3.07. The topological polar surface area (TPSA) is 109 Å². The molecule has 5 atom stereocenters. The first-order valence-corrected chi connectivity index (χ1v) is 11.5. The van der Waals surface area contributed by atoms with Gasteiger partial charge in [0.05, 0.1) is 21.8 Å². The number of hydrogen-bond acceptors (Lipinski definition) is 5. The lowest BCUT2D eigenvalue weighted by molar-refractivity contribution is -0.113. The number of amides is 1. The lowest BCUT2D eigenvalue weighted by atomic mass is 9.76. The second-order valence-electron chi connectivity index (χ2n) is 8.61. The van der Waals surface area contributed by atoms with Crippen LogP contribution < -0.4 is 11.1 Å². The predicted octanol–water partition coefficient (Wildman–Crippen LogP) is 2.41. The molecule has 30 heavy (non-hydrogen) atoms. The SMILES string of the molecule is CC1(O)C2CC[C@H]1CC(S(=O)(=O)C1=CC(N)C(C(=O)Nc3ccc(F)c(F)c3)=C1)C2. The number of anilines is 1. The van der Waals surface area contributed by atoms with Crippen molar-refractivity contribution in [3.05, 3.63) is 52.5 Å². The molecule has 2 saturated carbocycles. The Labute approximate surface area is 173 Å². The molecule has 0 spiro atoms. The third kappa shape index (κ3) is 3.48. The molecule has 4 N–H and O–H groups in total. The van der Waals surface area contributed by atoms with Crippen molar-refractivity contribution >= 4 is 21.4 Å². The number of sulfone groups is 1. The number of carbonyl (C=O) groups is 1. The highest BCUT2D eigenvalue weighted by Gasteiger charge is 2.53. The van der Waals surface area contributed by atoms with Gasteiger partial charge in [-0.25, -0.2) is 17.2 Å². The molecular formula is C21H24F2N2O4S. The number of allylic oxidation sites excluding steroid dienone is 1. The molecule has 6 nitrogen and oxygen atoms in total. The van der Waals surface area contributed by atoms with Crippen LogP contribution in [0.4, 0.5) is 14.5 Å². The number of nitrogens with one attached hydrogen (secondary N) is 1. The van der Waals surface area contributed by atoms with E-state index in [1.54, 1.807) is 6.92 Å². The minimum atomic E-state index is -3.72. The lowest BCUT2D eigenvalue weighted by Gasteiger charge is -2.40. The standard InChI is InChI=1S/C21H24F2N2O4S/c1-21(27)11-2-3-12(21)7-14(6-11)30(28,29)15-9-16(19(24)10-15)20(26)25-13-4-5-17(22)18(23)8-13/h4-5,8-12,14,19,27H,2-3,6-7,24H2,1H3,(H,25,26)/t11-,12?,14?,19?,21?/m0/s1. The highest BCUT2D eigenvalue weighted by Crippen LogP contribution is 2.51. The minimum absolute atomic E-state index is 0.00335. The summed E-state index contributed by atoms with van der Waals surface area (Å²) in [7, 11) is -3.72. The number of benzene rings is 1. The third-order valence-electron chi connectivity index (χ3n) is 6.82. The van der Waals surface area contributed by atoms with Crippen LogP contribution in [0.25, 0.3) is 0 Å². The van der Waals surface area contributed by atoms with E-state index in [2.05, 4.69) is 5.32 Å². The zero-order valence-electron chi connectivity index (χ0n) is 16.4. The van der Waals surface area contributed by atoms with Gasteiger partial charge in [-0.05, 0) is 68.7 Å². The van der Waals surface area contributed by atoms with E-state index in [9.17, 15) is 27.1 Å². The third-order valence-corrected chi connectivity index (χ3v) is 8.99. The first-order chi connectivity index (χ1) is 14.0. The van der Waals surface area contributed by atoms with E-state index < -0.39 is 44.3 Å². The van der Waals surface area contributed by atoms with Crippen LogP contribution in [0.1, 0.15) is 32.6 Å². The summed E-state index contributed by atoms with van der Waals surface area (Å²) in [6, 6.07) is 1.99. The van der Waals surface area contributed by atoms with E-state index in [1.165, 1.54) is 18.2 Å². The van der Waals surface area contributed by atoms with E-state index in [0.717, 1.165) is 25.0 Å². The molecule has 4 rings (SSSR count). The molecule has 162 valence electrons. The summed E-state index contributed by atoms with van der Waals surface area (Å²) in [6.45, 7) is 1.78. The van der Waals surface area contributed by atoms with Crippen LogP contribution >= 0.6 is 0 Å². The van der Waals surface area contributed by atoms with Crippen molar-refractivity contribution in [2.75, 3.05) is 5.32 Å². The van der Waals surface area contributed by atoms with Crippen LogP contribution in [0.5, 0.6) is 0 Å². The molecular weight excluding hydrogens is 414 g/mol. The Morgan fingerprint density at radius 3 is 2.43 bits per heavy atom. The monoisotopic (exact) mass is 438 g/mol. The number of rotatable bonds is 4. The zero-order valence-corrected chi connectivity index (χ0v) is 17.3. The zero-order chi connectivity index (χ0) is 21.8. The molecule has 1 aromatic carbocycles. The molecule has 3 aliphatic carbocycles. The van der Waals surface area contributed by atoms with Gasteiger partial charge in [0.15, 0.2) is 21.5 Å². The fraction of sp³-hybridized carbons (Fsp3) is 0.476. The van der Waals surface area contributed by atoms with E-state index in [4.69, 9.17) is 5.73 Å². The number of halogens is 2. The Kier molecular flexibility index (Phi) is 5.11. The lowest BCUT2D eigenvalue weighted by Crippen LogP contribution is -2.45.